The van der Waals surface area contributed by atoms with Crippen LogP contribution < -0.4 is 17.2 Å². The summed E-state index contributed by atoms with van der Waals surface area (Å²) in [5, 5.41) is 0. The van der Waals surface area contributed by atoms with Gasteiger partial charge in [0.1, 0.15) is 11.9 Å². The van der Waals surface area contributed by atoms with Gasteiger partial charge < -0.3 is 21.9 Å². The fraction of sp³-hybridized carbons (Fsp3) is 0.556. The predicted molar refractivity (Wildman–Crippen MR) is 69.4 cm³/mol. The van der Waals surface area contributed by atoms with Crippen molar-refractivity contribution in [1.82, 2.24) is 15.0 Å². The third-order valence-electron chi connectivity index (χ3n) is 1.83. The zero-order valence-electron chi connectivity index (χ0n) is 10.00. The van der Waals surface area contributed by atoms with E-state index in [0.717, 1.165) is 0 Å². The first-order valence-electron chi connectivity index (χ1n) is 5.28. The molecule has 1 aromatic heterocycles. The number of nitrogen functional groups attached to an aromatic ring is 2. The molecule has 1 aromatic rings. The van der Waals surface area contributed by atoms with E-state index in [1.54, 1.807) is 6.92 Å². The highest BCUT2D eigenvalue weighted by atomic mass is 32.2. The molecule has 6 N–H and O–H groups in total. The number of thioether (sulfide) groups is 1. The fourth-order valence-corrected chi connectivity index (χ4v) is 1.94. The first-order chi connectivity index (χ1) is 8.52. The number of anilines is 2. The molecule has 0 aliphatic rings. The number of aromatic nitrogens is 3. The number of hydrogen-bond donors (Lipinski definition) is 3. The van der Waals surface area contributed by atoms with Crippen LogP contribution >= 0.6 is 11.8 Å². The molecule has 8 nitrogen and oxygen atoms in total. The Labute approximate surface area is 109 Å². The summed E-state index contributed by atoms with van der Waals surface area (Å²) in [6, 6.07) is -0.661. The van der Waals surface area contributed by atoms with Crippen LogP contribution in [0.4, 0.5) is 11.9 Å². The molecule has 1 rings (SSSR count). The molecule has 0 aromatic carbocycles. The molecule has 1 unspecified atom stereocenters. The van der Waals surface area contributed by atoms with Crippen LogP contribution in [0.25, 0.3) is 0 Å². The maximum atomic E-state index is 11.3. The molecule has 0 saturated heterocycles. The number of hydrogen-bond acceptors (Lipinski definition) is 9. The summed E-state index contributed by atoms with van der Waals surface area (Å²) in [5.74, 6) is 1.05. The van der Waals surface area contributed by atoms with Gasteiger partial charge in [-0.2, -0.15) is 26.7 Å². The van der Waals surface area contributed by atoms with Crippen LogP contribution in [0.2, 0.25) is 0 Å². The van der Waals surface area contributed by atoms with Crippen LogP contribution in [0.15, 0.2) is 0 Å². The van der Waals surface area contributed by atoms with Gasteiger partial charge in [-0.05, 0) is 6.92 Å². The van der Waals surface area contributed by atoms with Crippen molar-refractivity contribution < 1.29 is 9.53 Å². The molecular weight excluding hydrogens is 256 g/mol. The minimum absolute atomic E-state index is 0.0767. The van der Waals surface area contributed by atoms with Gasteiger partial charge in [0.2, 0.25) is 11.9 Å². The zero-order chi connectivity index (χ0) is 13.5. The van der Waals surface area contributed by atoms with E-state index in [9.17, 15) is 4.79 Å². The molecule has 0 fully saturated rings. The van der Waals surface area contributed by atoms with Gasteiger partial charge in [0.05, 0.1) is 12.4 Å². The minimum Gasteiger partial charge on any atom is -0.465 e. The lowest BCUT2D eigenvalue weighted by atomic mass is 10.4. The van der Waals surface area contributed by atoms with Gasteiger partial charge in [-0.15, -0.1) is 0 Å². The van der Waals surface area contributed by atoms with Crippen molar-refractivity contribution in [3.05, 3.63) is 5.82 Å². The van der Waals surface area contributed by atoms with Crippen LogP contribution in [0.5, 0.6) is 0 Å². The second kappa shape index (κ2) is 6.97. The normalized spacial score (nSPS) is 12.1. The molecule has 0 saturated carbocycles. The lowest BCUT2D eigenvalue weighted by Crippen LogP contribution is -2.34. The van der Waals surface area contributed by atoms with E-state index in [4.69, 9.17) is 21.9 Å². The van der Waals surface area contributed by atoms with Crippen LogP contribution in [0.1, 0.15) is 12.7 Å². The molecule has 0 radical (unpaired) electrons. The van der Waals surface area contributed by atoms with Crippen LogP contribution in [0.3, 0.4) is 0 Å². The number of carbonyl (C=O) groups is 1. The van der Waals surface area contributed by atoms with Crippen LogP contribution in [-0.4, -0.2) is 39.3 Å². The smallest absolute Gasteiger partial charge is 0.323 e. The van der Waals surface area contributed by atoms with Gasteiger partial charge in [0.25, 0.3) is 0 Å². The Morgan fingerprint density at radius 1 is 1.33 bits per heavy atom. The largest absolute Gasteiger partial charge is 0.465 e. The molecule has 0 aliphatic heterocycles. The molecular formula is C9H16N6O2S. The summed E-state index contributed by atoms with van der Waals surface area (Å²) in [6.45, 7) is 2.05. The third-order valence-corrected chi connectivity index (χ3v) is 2.89. The summed E-state index contributed by atoms with van der Waals surface area (Å²) in [6.07, 6.45) is 0. The van der Waals surface area contributed by atoms with Crippen molar-refractivity contribution >= 4 is 29.6 Å². The fourth-order valence-electron chi connectivity index (χ4n) is 1.12. The molecule has 9 heteroatoms. The topological polar surface area (TPSA) is 143 Å². The first kappa shape index (κ1) is 14.5. The van der Waals surface area contributed by atoms with Crippen LogP contribution in [0, 0.1) is 0 Å². The molecule has 100 valence electrons. The number of carbonyl (C=O) groups excluding carboxylic acids is 1. The van der Waals surface area contributed by atoms with Crippen molar-refractivity contribution in [2.45, 2.75) is 18.7 Å². The SMILES string of the molecule is CCOC(=O)C(N)CSCc1nc(N)nc(N)n1. The number of ether oxygens (including phenoxy) is 1. The van der Waals surface area contributed by atoms with Crippen molar-refractivity contribution in [2.75, 3.05) is 23.8 Å². The van der Waals surface area contributed by atoms with E-state index in [-0.39, 0.29) is 11.9 Å². The Bertz CT molecular complexity index is 396. The molecule has 18 heavy (non-hydrogen) atoms. The van der Waals surface area contributed by atoms with Gasteiger partial charge in [0, 0.05) is 5.75 Å². The van der Waals surface area contributed by atoms with E-state index >= 15 is 0 Å². The molecule has 0 amide bonds. The van der Waals surface area contributed by atoms with Crippen molar-refractivity contribution in [2.24, 2.45) is 5.73 Å². The highest BCUT2D eigenvalue weighted by molar-refractivity contribution is 7.98. The Hall–Kier alpha value is -1.61. The number of esters is 1. The lowest BCUT2D eigenvalue weighted by molar-refractivity contribution is -0.144. The minimum atomic E-state index is -0.661. The van der Waals surface area contributed by atoms with Gasteiger partial charge in [-0.25, -0.2) is 0 Å². The van der Waals surface area contributed by atoms with E-state index in [1.807, 2.05) is 0 Å². The van der Waals surface area contributed by atoms with E-state index in [2.05, 4.69) is 15.0 Å². The number of nitrogens with two attached hydrogens (primary N) is 3. The summed E-state index contributed by atoms with van der Waals surface area (Å²) in [4.78, 5) is 22.7. The summed E-state index contributed by atoms with van der Waals surface area (Å²) in [5.41, 5.74) is 16.5. The third kappa shape index (κ3) is 4.72. The number of rotatable bonds is 6. The summed E-state index contributed by atoms with van der Waals surface area (Å²) in [7, 11) is 0. The Kier molecular flexibility index (Phi) is 5.59. The molecule has 0 bridgehead atoms. The summed E-state index contributed by atoms with van der Waals surface area (Å²) < 4.78 is 4.79. The predicted octanol–water partition coefficient (Wildman–Crippen LogP) is -0.840. The average Bonchev–Trinajstić information content (AvgIpc) is 2.27. The van der Waals surface area contributed by atoms with Gasteiger partial charge in [-0.1, -0.05) is 0 Å². The quantitative estimate of drug-likeness (QED) is 0.564. The Balaban J connectivity index is 2.39. The highest BCUT2D eigenvalue weighted by Gasteiger charge is 2.14. The maximum Gasteiger partial charge on any atom is 0.323 e. The van der Waals surface area contributed by atoms with E-state index in [0.29, 0.717) is 23.9 Å². The zero-order valence-corrected chi connectivity index (χ0v) is 10.8. The second-order valence-corrected chi connectivity index (χ2v) is 4.37. The first-order valence-corrected chi connectivity index (χ1v) is 6.44. The number of nitrogens with zero attached hydrogens (tertiary/aromatic N) is 3. The molecule has 0 spiro atoms. The molecule has 1 heterocycles. The standard InChI is InChI=1S/C9H16N6O2S/c1-2-17-7(16)5(10)3-18-4-6-13-8(11)15-9(12)14-6/h5H,2-4,10H2,1H3,(H4,11,12,13,14,15). The Morgan fingerprint density at radius 2 is 1.94 bits per heavy atom. The highest BCUT2D eigenvalue weighted by Crippen LogP contribution is 2.11. The van der Waals surface area contributed by atoms with Crippen molar-refractivity contribution in [1.29, 1.82) is 0 Å². The van der Waals surface area contributed by atoms with Gasteiger partial charge in [-0.3, -0.25) is 4.79 Å². The average molecular weight is 272 g/mol. The van der Waals surface area contributed by atoms with E-state index < -0.39 is 12.0 Å². The Morgan fingerprint density at radius 3 is 2.50 bits per heavy atom. The summed E-state index contributed by atoms with van der Waals surface area (Å²) >= 11 is 1.40. The molecule has 1 atom stereocenters. The monoisotopic (exact) mass is 272 g/mol. The maximum absolute atomic E-state index is 11.3. The van der Waals surface area contributed by atoms with E-state index in [1.165, 1.54) is 11.8 Å². The lowest BCUT2D eigenvalue weighted by Gasteiger charge is -2.09. The van der Waals surface area contributed by atoms with Crippen LogP contribution in [-0.2, 0) is 15.3 Å². The molecule has 0 aliphatic carbocycles. The van der Waals surface area contributed by atoms with Crippen molar-refractivity contribution in [3.63, 3.8) is 0 Å². The van der Waals surface area contributed by atoms with Crippen molar-refractivity contribution in [3.8, 4) is 0 Å². The van der Waals surface area contributed by atoms with Gasteiger partial charge in [0.15, 0.2) is 0 Å². The van der Waals surface area contributed by atoms with Gasteiger partial charge >= 0.3 is 5.97 Å². The second-order valence-electron chi connectivity index (χ2n) is 3.34.